The Morgan fingerprint density at radius 1 is 1.17 bits per heavy atom. The van der Waals surface area contributed by atoms with Crippen LogP contribution in [0.15, 0.2) is 47.5 Å². The fourth-order valence-corrected chi connectivity index (χ4v) is 5.01. The van der Waals surface area contributed by atoms with Crippen molar-refractivity contribution in [1.82, 2.24) is 14.7 Å². The zero-order valence-electron chi connectivity index (χ0n) is 20.3. The largest absolute Gasteiger partial charge is 0.486 e. The summed E-state index contributed by atoms with van der Waals surface area (Å²) in [6, 6.07) is 9.26. The summed E-state index contributed by atoms with van der Waals surface area (Å²) in [5, 5.41) is 0. The van der Waals surface area contributed by atoms with Crippen LogP contribution < -0.4 is 14.4 Å². The summed E-state index contributed by atoms with van der Waals surface area (Å²) in [5.74, 6) is -0.784. The van der Waals surface area contributed by atoms with Crippen LogP contribution in [-0.4, -0.2) is 57.8 Å². The molecule has 1 aromatic heterocycles. The van der Waals surface area contributed by atoms with Crippen LogP contribution in [0.5, 0.6) is 5.75 Å². The molecule has 0 bridgehead atoms. The Kier molecular flexibility index (Phi) is 7.82. The first-order valence-electron chi connectivity index (χ1n) is 11.5. The van der Waals surface area contributed by atoms with Gasteiger partial charge in [-0.3, -0.25) is 0 Å². The topological polar surface area (TPSA) is 93.6 Å². The number of nitrogens with one attached hydrogen (secondary N) is 1. The van der Waals surface area contributed by atoms with Crippen molar-refractivity contribution in [3.05, 3.63) is 65.6 Å². The molecule has 3 aromatic rings. The van der Waals surface area contributed by atoms with Crippen molar-refractivity contribution in [2.45, 2.75) is 31.2 Å². The molecule has 1 N–H and O–H groups in total. The average Bonchev–Trinajstić information content (AvgIpc) is 2.85. The van der Waals surface area contributed by atoms with Crippen LogP contribution >= 0.6 is 0 Å². The SMILES string of the molecule is COCCNS(=O)(=O)c1ccc(Cc2ncc(F)c(-c3cc(F)c4c(c3)N(C(C)C)CCO4)n2)cc1. The second kappa shape index (κ2) is 10.9. The maximum Gasteiger partial charge on any atom is 0.240 e. The summed E-state index contributed by atoms with van der Waals surface area (Å²) in [6.07, 6.45) is 1.30. The number of ether oxygens (including phenoxy) is 2. The molecule has 8 nitrogen and oxygen atoms in total. The van der Waals surface area contributed by atoms with Gasteiger partial charge >= 0.3 is 0 Å². The van der Waals surface area contributed by atoms with Crippen LogP contribution in [0.1, 0.15) is 25.2 Å². The summed E-state index contributed by atoms with van der Waals surface area (Å²) in [7, 11) is -2.16. The lowest BCUT2D eigenvalue weighted by atomic mass is 10.1. The Balaban J connectivity index is 1.59. The van der Waals surface area contributed by atoms with Gasteiger partial charge in [0.25, 0.3) is 0 Å². The predicted octanol–water partition coefficient (Wildman–Crippen LogP) is 3.54. The molecule has 0 fully saturated rings. The smallest absolute Gasteiger partial charge is 0.240 e. The summed E-state index contributed by atoms with van der Waals surface area (Å²) in [4.78, 5) is 10.6. The molecule has 192 valence electrons. The van der Waals surface area contributed by atoms with Crippen LogP contribution in [0.3, 0.4) is 0 Å². The highest BCUT2D eigenvalue weighted by Gasteiger charge is 2.25. The highest BCUT2D eigenvalue weighted by Crippen LogP contribution is 2.39. The number of methoxy groups -OCH3 is 1. The lowest BCUT2D eigenvalue weighted by Crippen LogP contribution is -2.38. The summed E-state index contributed by atoms with van der Waals surface area (Å²) in [6.45, 7) is 5.38. The molecule has 36 heavy (non-hydrogen) atoms. The van der Waals surface area contributed by atoms with E-state index in [-0.39, 0.29) is 47.5 Å². The number of rotatable bonds is 9. The van der Waals surface area contributed by atoms with E-state index in [1.54, 1.807) is 18.2 Å². The van der Waals surface area contributed by atoms with Crippen molar-refractivity contribution in [1.29, 1.82) is 0 Å². The van der Waals surface area contributed by atoms with Crippen molar-refractivity contribution in [2.24, 2.45) is 0 Å². The highest BCUT2D eigenvalue weighted by molar-refractivity contribution is 7.89. The minimum Gasteiger partial charge on any atom is -0.486 e. The quantitative estimate of drug-likeness (QED) is 0.433. The van der Waals surface area contributed by atoms with Crippen molar-refractivity contribution in [2.75, 3.05) is 38.3 Å². The third-order valence-electron chi connectivity index (χ3n) is 5.80. The maximum atomic E-state index is 14.9. The van der Waals surface area contributed by atoms with Gasteiger partial charge in [-0.15, -0.1) is 0 Å². The Hall–Kier alpha value is -3.15. The molecule has 0 radical (unpaired) electrons. The van der Waals surface area contributed by atoms with E-state index < -0.39 is 21.7 Å². The van der Waals surface area contributed by atoms with E-state index in [1.807, 2.05) is 18.7 Å². The minimum absolute atomic E-state index is 0.0162. The molecular formula is C25H28F2N4O4S. The summed E-state index contributed by atoms with van der Waals surface area (Å²) < 4.78 is 67.1. The van der Waals surface area contributed by atoms with E-state index in [9.17, 15) is 17.2 Å². The first kappa shape index (κ1) is 25.9. The van der Waals surface area contributed by atoms with Gasteiger partial charge in [0.05, 0.1) is 29.9 Å². The summed E-state index contributed by atoms with van der Waals surface area (Å²) in [5.41, 5.74) is 1.56. The monoisotopic (exact) mass is 518 g/mol. The third-order valence-corrected chi connectivity index (χ3v) is 7.27. The fraction of sp³-hybridized carbons (Fsp3) is 0.360. The van der Waals surface area contributed by atoms with E-state index in [1.165, 1.54) is 25.3 Å². The molecule has 0 unspecified atom stereocenters. The van der Waals surface area contributed by atoms with Crippen molar-refractivity contribution in [3.8, 4) is 17.0 Å². The van der Waals surface area contributed by atoms with E-state index in [2.05, 4.69) is 14.7 Å². The van der Waals surface area contributed by atoms with Gasteiger partial charge in [0.15, 0.2) is 17.4 Å². The van der Waals surface area contributed by atoms with Gasteiger partial charge in [-0.05, 0) is 43.7 Å². The number of aromatic nitrogens is 2. The van der Waals surface area contributed by atoms with Gasteiger partial charge in [-0.1, -0.05) is 12.1 Å². The number of hydrogen-bond donors (Lipinski definition) is 1. The van der Waals surface area contributed by atoms with E-state index in [4.69, 9.17) is 9.47 Å². The first-order chi connectivity index (χ1) is 17.2. The first-order valence-corrected chi connectivity index (χ1v) is 13.0. The molecule has 0 saturated carbocycles. The summed E-state index contributed by atoms with van der Waals surface area (Å²) >= 11 is 0. The molecule has 0 amide bonds. The van der Waals surface area contributed by atoms with Crippen LogP contribution in [0, 0.1) is 11.6 Å². The molecule has 0 aliphatic carbocycles. The van der Waals surface area contributed by atoms with Crippen LogP contribution in [0.25, 0.3) is 11.3 Å². The number of nitrogens with zero attached hydrogens (tertiary/aromatic N) is 3. The fourth-order valence-electron chi connectivity index (χ4n) is 4.00. The van der Waals surface area contributed by atoms with Crippen LogP contribution in [0.4, 0.5) is 14.5 Å². The van der Waals surface area contributed by atoms with E-state index in [0.29, 0.717) is 24.7 Å². The molecule has 11 heteroatoms. The van der Waals surface area contributed by atoms with Gasteiger partial charge in [-0.25, -0.2) is 31.9 Å². The molecule has 1 aliphatic heterocycles. The second-order valence-electron chi connectivity index (χ2n) is 8.64. The Bertz CT molecular complexity index is 1330. The number of benzene rings is 2. The molecule has 0 spiro atoms. The molecule has 4 rings (SSSR count). The molecular weight excluding hydrogens is 490 g/mol. The van der Waals surface area contributed by atoms with Gasteiger partial charge < -0.3 is 14.4 Å². The van der Waals surface area contributed by atoms with Gasteiger partial charge in [0, 0.05) is 31.7 Å². The Morgan fingerprint density at radius 3 is 2.61 bits per heavy atom. The standard InChI is InChI=1S/C25H28F2N4O4S/c1-16(2)31-9-11-35-25-20(26)13-18(14-22(25)31)24-21(27)15-28-23(30-24)12-17-4-6-19(7-5-17)36(32,33)29-8-10-34-3/h4-7,13-16,29H,8-12H2,1-3H3. The van der Waals surface area contributed by atoms with Gasteiger partial charge in [-0.2, -0.15) is 0 Å². The zero-order chi connectivity index (χ0) is 25.9. The zero-order valence-corrected chi connectivity index (χ0v) is 21.1. The van der Waals surface area contributed by atoms with Gasteiger partial charge in [0.1, 0.15) is 18.1 Å². The number of fused-ring (bicyclic) bond motifs is 1. The maximum absolute atomic E-state index is 14.9. The lowest BCUT2D eigenvalue weighted by molar-refractivity contribution is 0.204. The molecule has 0 saturated heterocycles. The van der Waals surface area contributed by atoms with Crippen molar-refractivity contribution in [3.63, 3.8) is 0 Å². The molecule has 2 heterocycles. The van der Waals surface area contributed by atoms with Crippen molar-refractivity contribution < 1.29 is 26.7 Å². The number of anilines is 1. The Labute approximate surface area is 209 Å². The second-order valence-corrected chi connectivity index (χ2v) is 10.4. The van der Waals surface area contributed by atoms with Crippen LogP contribution in [-0.2, 0) is 21.2 Å². The Morgan fingerprint density at radius 2 is 1.92 bits per heavy atom. The molecule has 0 atom stereocenters. The van der Waals surface area contributed by atoms with Crippen molar-refractivity contribution >= 4 is 15.7 Å². The van der Waals surface area contributed by atoms with Crippen LogP contribution in [0.2, 0.25) is 0 Å². The normalized spacial score (nSPS) is 13.6. The lowest BCUT2D eigenvalue weighted by Gasteiger charge is -2.34. The highest BCUT2D eigenvalue weighted by atomic mass is 32.2. The number of sulfonamides is 1. The molecule has 2 aromatic carbocycles. The van der Waals surface area contributed by atoms with E-state index in [0.717, 1.165) is 11.8 Å². The number of halogens is 2. The predicted molar refractivity (Wildman–Crippen MR) is 132 cm³/mol. The third kappa shape index (κ3) is 5.63. The number of hydrogen-bond acceptors (Lipinski definition) is 7. The average molecular weight is 519 g/mol. The van der Waals surface area contributed by atoms with Gasteiger partial charge in [0.2, 0.25) is 10.0 Å². The minimum atomic E-state index is -3.65. The van der Waals surface area contributed by atoms with E-state index >= 15 is 0 Å². The molecule has 1 aliphatic rings.